The lowest BCUT2D eigenvalue weighted by Crippen LogP contribution is -2.47. The molecule has 0 unspecified atom stereocenters. The number of hydrogen-bond acceptors (Lipinski definition) is 3. The van der Waals surface area contributed by atoms with Gasteiger partial charge in [0.05, 0.1) is 6.07 Å². The third-order valence-corrected chi connectivity index (χ3v) is 5.45. The maximum atomic E-state index is 12.7. The van der Waals surface area contributed by atoms with Gasteiger partial charge in [0.1, 0.15) is 5.41 Å². The highest BCUT2D eigenvalue weighted by Gasteiger charge is 2.39. The molecule has 0 bridgehead atoms. The van der Waals surface area contributed by atoms with E-state index in [1.54, 1.807) is 0 Å². The second-order valence-corrected chi connectivity index (χ2v) is 6.64. The molecule has 2 fully saturated rings. The van der Waals surface area contributed by atoms with Crippen molar-refractivity contribution in [2.45, 2.75) is 52.4 Å². The van der Waals surface area contributed by atoms with Crippen LogP contribution >= 0.6 is 0 Å². The molecule has 0 atom stereocenters. The van der Waals surface area contributed by atoms with E-state index in [-0.39, 0.29) is 5.91 Å². The Bertz CT molecular complexity index is 383. The summed E-state index contributed by atoms with van der Waals surface area (Å²) in [6, 6.07) is 2.28. The molecule has 0 N–H and O–H groups in total. The molecule has 1 amide bonds. The summed E-state index contributed by atoms with van der Waals surface area (Å²) in [7, 11) is 0. The summed E-state index contributed by atoms with van der Waals surface area (Å²) in [5, 5.41) is 9.42. The van der Waals surface area contributed by atoms with E-state index in [9.17, 15) is 10.1 Å². The lowest BCUT2D eigenvalue weighted by molar-refractivity contribution is -0.141. The molecule has 4 nitrogen and oxygen atoms in total. The van der Waals surface area contributed by atoms with E-state index in [4.69, 9.17) is 0 Å². The summed E-state index contributed by atoms with van der Waals surface area (Å²) in [5.41, 5.74) is -0.790. The van der Waals surface area contributed by atoms with Gasteiger partial charge in [-0.3, -0.25) is 4.79 Å². The Balaban J connectivity index is 1.85. The highest BCUT2D eigenvalue weighted by molar-refractivity contribution is 5.85. The molecule has 2 aliphatic heterocycles. The van der Waals surface area contributed by atoms with E-state index in [0.29, 0.717) is 12.8 Å². The SMILES string of the molecule is CCC(C#N)(CC)C(=O)N1CCC(CN2CCCC2)CC1. The number of carbonyl (C=O) groups excluding carboxylic acids is 1. The summed E-state index contributed by atoms with van der Waals surface area (Å²) in [6.07, 6.45) is 6.11. The molecule has 2 saturated heterocycles. The van der Waals surface area contributed by atoms with Crippen LogP contribution < -0.4 is 0 Å². The van der Waals surface area contributed by atoms with Crippen LogP contribution in [-0.2, 0) is 4.79 Å². The molecule has 2 heterocycles. The van der Waals surface area contributed by atoms with Crippen LogP contribution in [0.25, 0.3) is 0 Å². The first kappa shape index (κ1) is 16.3. The number of likely N-dealkylation sites (tertiary alicyclic amines) is 2. The number of carbonyl (C=O) groups is 1. The van der Waals surface area contributed by atoms with Crippen molar-refractivity contribution < 1.29 is 4.79 Å². The van der Waals surface area contributed by atoms with Crippen LogP contribution in [0.3, 0.4) is 0 Å². The van der Waals surface area contributed by atoms with Crippen molar-refractivity contribution in [2.24, 2.45) is 11.3 Å². The molecule has 0 aromatic heterocycles. The fourth-order valence-corrected chi connectivity index (χ4v) is 3.71. The molecule has 0 aromatic rings. The highest BCUT2D eigenvalue weighted by Crippen LogP contribution is 2.30. The van der Waals surface area contributed by atoms with Crippen molar-refractivity contribution in [3.8, 4) is 6.07 Å². The van der Waals surface area contributed by atoms with Gasteiger partial charge in [-0.2, -0.15) is 5.26 Å². The number of piperidine rings is 1. The molecule has 118 valence electrons. The second kappa shape index (κ2) is 7.26. The predicted molar refractivity (Wildman–Crippen MR) is 83.6 cm³/mol. The van der Waals surface area contributed by atoms with Gasteiger partial charge < -0.3 is 9.80 Å². The molecule has 0 radical (unpaired) electrons. The molecule has 21 heavy (non-hydrogen) atoms. The maximum Gasteiger partial charge on any atom is 0.243 e. The van der Waals surface area contributed by atoms with Crippen molar-refractivity contribution in [1.29, 1.82) is 5.26 Å². The summed E-state index contributed by atoms with van der Waals surface area (Å²) >= 11 is 0. The minimum atomic E-state index is -0.790. The summed E-state index contributed by atoms with van der Waals surface area (Å²) in [5.74, 6) is 0.793. The van der Waals surface area contributed by atoms with Crippen LogP contribution in [0.2, 0.25) is 0 Å². The molecule has 2 aliphatic rings. The van der Waals surface area contributed by atoms with E-state index in [0.717, 1.165) is 31.8 Å². The van der Waals surface area contributed by atoms with Gasteiger partial charge >= 0.3 is 0 Å². The zero-order chi connectivity index (χ0) is 15.3. The zero-order valence-corrected chi connectivity index (χ0v) is 13.6. The minimum absolute atomic E-state index is 0.0645. The Kier molecular flexibility index (Phi) is 5.64. The molecular weight excluding hydrogens is 262 g/mol. The van der Waals surface area contributed by atoms with Crippen LogP contribution in [0.15, 0.2) is 0 Å². The summed E-state index contributed by atoms with van der Waals surface area (Å²) < 4.78 is 0. The van der Waals surface area contributed by atoms with Gasteiger partial charge in [0.15, 0.2) is 0 Å². The first-order chi connectivity index (χ1) is 10.1. The average molecular weight is 291 g/mol. The minimum Gasteiger partial charge on any atom is -0.341 e. The lowest BCUT2D eigenvalue weighted by atomic mass is 9.81. The van der Waals surface area contributed by atoms with E-state index in [1.165, 1.54) is 32.5 Å². The molecule has 0 aromatic carbocycles. The third-order valence-electron chi connectivity index (χ3n) is 5.45. The number of nitriles is 1. The molecular formula is C17H29N3O. The van der Waals surface area contributed by atoms with Crippen molar-refractivity contribution in [3.63, 3.8) is 0 Å². The smallest absolute Gasteiger partial charge is 0.243 e. The van der Waals surface area contributed by atoms with Gasteiger partial charge in [0, 0.05) is 19.6 Å². The van der Waals surface area contributed by atoms with E-state index < -0.39 is 5.41 Å². The van der Waals surface area contributed by atoms with Gasteiger partial charge in [-0.1, -0.05) is 13.8 Å². The monoisotopic (exact) mass is 291 g/mol. The highest BCUT2D eigenvalue weighted by atomic mass is 16.2. The third kappa shape index (κ3) is 3.58. The van der Waals surface area contributed by atoms with Crippen LogP contribution in [0.5, 0.6) is 0 Å². The van der Waals surface area contributed by atoms with Crippen LogP contribution in [-0.4, -0.2) is 48.4 Å². The number of nitrogens with zero attached hydrogens (tertiary/aromatic N) is 3. The fraction of sp³-hybridized carbons (Fsp3) is 0.882. The van der Waals surface area contributed by atoms with E-state index in [1.807, 2.05) is 18.7 Å². The lowest BCUT2D eigenvalue weighted by Gasteiger charge is -2.37. The van der Waals surface area contributed by atoms with Crippen LogP contribution in [0, 0.1) is 22.7 Å². The summed E-state index contributed by atoms with van der Waals surface area (Å²) in [4.78, 5) is 17.2. The summed E-state index contributed by atoms with van der Waals surface area (Å²) in [6.45, 7) is 9.27. The van der Waals surface area contributed by atoms with Gasteiger partial charge in [-0.25, -0.2) is 0 Å². The molecule has 4 heteroatoms. The van der Waals surface area contributed by atoms with Crippen molar-refractivity contribution in [1.82, 2.24) is 9.80 Å². The topological polar surface area (TPSA) is 47.3 Å². The normalized spacial score (nSPS) is 21.5. The van der Waals surface area contributed by atoms with Crippen LogP contribution in [0.4, 0.5) is 0 Å². The van der Waals surface area contributed by atoms with E-state index in [2.05, 4.69) is 11.0 Å². The quantitative estimate of drug-likeness (QED) is 0.782. The van der Waals surface area contributed by atoms with Gasteiger partial charge in [-0.05, 0) is 57.5 Å². The molecule has 0 spiro atoms. The first-order valence-corrected chi connectivity index (χ1v) is 8.58. The molecule has 2 rings (SSSR count). The van der Waals surface area contributed by atoms with Gasteiger partial charge in [0.25, 0.3) is 0 Å². The number of rotatable bonds is 5. The number of amides is 1. The largest absolute Gasteiger partial charge is 0.341 e. The first-order valence-electron chi connectivity index (χ1n) is 8.58. The van der Waals surface area contributed by atoms with Crippen molar-refractivity contribution in [2.75, 3.05) is 32.7 Å². The Morgan fingerprint density at radius 1 is 1.14 bits per heavy atom. The van der Waals surface area contributed by atoms with Gasteiger partial charge in [-0.15, -0.1) is 0 Å². The second-order valence-electron chi connectivity index (χ2n) is 6.64. The average Bonchev–Trinajstić information content (AvgIpc) is 3.03. The molecule has 0 aliphatic carbocycles. The molecule has 0 saturated carbocycles. The standard InChI is InChI=1S/C17H29N3O/c1-3-17(4-2,14-18)16(21)20-11-7-15(8-12-20)13-19-9-5-6-10-19/h15H,3-13H2,1-2H3. The van der Waals surface area contributed by atoms with Crippen molar-refractivity contribution in [3.05, 3.63) is 0 Å². The van der Waals surface area contributed by atoms with Crippen molar-refractivity contribution >= 4 is 5.91 Å². The Morgan fingerprint density at radius 3 is 2.19 bits per heavy atom. The Morgan fingerprint density at radius 2 is 1.71 bits per heavy atom. The fourth-order valence-electron chi connectivity index (χ4n) is 3.71. The van der Waals surface area contributed by atoms with E-state index >= 15 is 0 Å². The Hall–Kier alpha value is -1.08. The number of hydrogen-bond donors (Lipinski definition) is 0. The zero-order valence-electron chi connectivity index (χ0n) is 13.6. The maximum absolute atomic E-state index is 12.7. The van der Waals surface area contributed by atoms with Gasteiger partial charge in [0.2, 0.25) is 5.91 Å². The Labute approximate surface area is 129 Å². The van der Waals surface area contributed by atoms with Crippen LogP contribution in [0.1, 0.15) is 52.4 Å². The predicted octanol–water partition coefficient (Wildman–Crippen LogP) is 2.65.